The molecule has 1 rings (SSSR count). The number of carbonyl (C=O) groups excluding carboxylic acids is 1. The summed E-state index contributed by atoms with van der Waals surface area (Å²) in [7, 11) is 0. The van der Waals surface area contributed by atoms with Crippen molar-refractivity contribution in [2.24, 2.45) is 0 Å². The Morgan fingerprint density at radius 1 is 1.50 bits per heavy atom. The lowest BCUT2D eigenvalue weighted by Gasteiger charge is -2.29. The fourth-order valence-electron chi connectivity index (χ4n) is 0.841. The standard InChI is InChI=1S/C6H11NO/c8-6-2-5-7-3-1-4-7/h6H,1-5H2. The first-order chi connectivity index (χ1) is 3.93. The lowest BCUT2D eigenvalue weighted by Crippen LogP contribution is -2.37. The molecule has 0 radical (unpaired) electrons. The predicted molar refractivity (Wildman–Crippen MR) is 31.7 cm³/mol. The minimum absolute atomic E-state index is 0.708. The van der Waals surface area contributed by atoms with Gasteiger partial charge in [-0.15, -0.1) is 0 Å². The number of aldehydes is 1. The molecule has 0 bridgehead atoms. The topological polar surface area (TPSA) is 20.3 Å². The predicted octanol–water partition coefficient (Wildman–Crippen LogP) is 0.281. The summed E-state index contributed by atoms with van der Waals surface area (Å²) in [5.74, 6) is 0. The van der Waals surface area contributed by atoms with Crippen LogP contribution < -0.4 is 0 Å². The van der Waals surface area contributed by atoms with E-state index in [1.165, 1.54) is 19.5 Å². The third-order valence-electron chi connectivity index (χ3n) is 1.51. The van der Waals surface area contributed by atoms with Gasteiger partial charge < -0.3 is 9.69 Å². The molecule has 2 nitrogen and oxygen atoms in total. The van der Waals surface area contributed by atoms with E-state index in [0.717, 1.165) is 12.8 Å². The zero-order chi connectivity index (χ0) is 5.82. The summed E-state index contributed by atoms with van der Waals surface area (Å²) in [6.07, 6.45) is 3.01. The van der Waals surface area contributed by atoms with Crippen LogP contribution >= 0.6 is 0 Å². The van der Waals surface area contributed by atoms with Crippen LogP contribution in [0.5, 0.6) is 0 Å². The Morgan fingerprint density at radius 3 is 2.62 bits per heavy atom. The first-order valence-corrected chi connectivity index (χ1v) is 3.09. The van der Waals surface area contributed by atoms with E-state index in [1.807, 2.05) is 0 Å². The second kappa shape index (κ2) is 2.82. The van der Waals surface area contributed by atoms with Gasteiger partial charge in [0, 0.05) is 13.0 Å². The Labute approximate surface area is 49.5 Å². The maximum Gasteiger partial charge on any atom is 0.121 e. The van der Waals surface area contributed by atoms with Gasteiger partial charge in [-0.25, -0.2) is 0 Å². The van der Waals surface area contributed by atoms with Crippen LogP contribution in [0.4, 0.5) is 0 Å². The quantitative estimate of drug-likeness (QED) is 0.490. The molecule has 2 heteroatoms. The molecule has 0 unspecified atom stereocenters. The highest BCUT2D eigenvalue weighted by Crippen LogP contribution is 2.04. The van der Waals surface area contributed by atoms with E-state index in [-0.39, 0.29) is 0 Å². The largest absolute Gasteiger partial charge is 0.303 e. The minimum Gasteiger partial charge on any atom is -0.303 e. The lowest BCUT2D eigenvalue weighted by molar-refractivity contribution is -0.108. The average Bonchev–Trinajstić information content (AvgIpc) is 1.63. The smallest absolute Gasteiger partial charge is 0.121 e. The fourth-order valence-corrected chi connectivity index (χ4v) is 0.841. The van der Waals surface area contributed by atoms with E-state index in [9.17, 15) is 4.79 Å². The highest BCUT2D eigenvalue weighted by atomic mass is 16.1. The number of hydrogen-bond acceptors (Lipinski definition) is 2. The Morgan fingerprint density at radius 2 is 2.25 bits per heavy atom. The van der Waals surface area contributed by atoms with Crippen molar-refractivity contribution in [2.75, 3.05) is 19.6 Å². The van der Waals surface area contributed by atoms with Gasteiger partial charge in [-0.3, -0.25) is 0 Å². The fraction of sp³-hybridized carbons (Fsp3) is 0.833. The van der Waals surface area contributed by atoms with Gasteiger partial charge in [0.15, 0.2) is 0 Å². The summed E-state index contributed by atoms with van der Waals surface area (Å²) in [4.78, 5) is 12.1. The molecular weight excluding hydrogens is 102 g/mol. The second-order valence-corrected chi connectivity index (χ2v) is 2.15. The Kier molecular flexibility index (Phi) is 2.03. The molecule has 46 valence electrons. The van der Waals surface area contributed by atoms with E-state index >= 15 is 0 Å². The third-order valence-corrected chi connectivity index (χ3v) is 1.51. The van der Waals surface area contributed by atoms with Gasteiger partial charge in [-0.05, 0) is 19.5 Å². The summed E-state index contributed by atoms with van der Waals surface area (Å²) >= 11 is 0. The molecule has 0 aliphatic carbocycles. The molecule has 0 saturated carbocycles. The Balaban J connectivity index is 1.93. The number of hydrogen-bond donors (Lipinski definition) is 0. The Bertz CT molecular complexity index is 78.6. The molecule has 0 N–H and O–H groups in total. The average molecular weight is 113 g/mol. The van der Waals surface area contributed by atoms with Crippen LogP contribution in [0.1, 0.15) is 12.8 Å². The molecule has 0 aromatic rings. The first kappa shape index (κ1) is 5.76. The third kappa shape index (κ3) is 1.30. The molecule has 1 aliphatic rings. The molecule has 0 spiro atoms. The Hall–Kier alpha value is -0.370. The summed E-state index contributed by atoms with van der Waals surface area (Å²) in [5.41, 5.74) is 0. The van der Waals surface area contributed by atoms with Crippen LogP contribution in [0.3, 0.4) is 0 Å². The number of likely N-dealkylation sites (tertiary alicyclic amines) is 1. The zero-order valence-electron chi connectivity index (χ0n) is 4.97. The van der Waals surface area contributed by atoms with Crippen LogP contribution in [0, 0.1) is 0 Å². The van der Waals surface area contributed by atoms with Crippen LogP contribution in [0.25, 0.3) is 0 Å². The van der Waals surface area contributed by atoms with Gasteiger partial charge in [0.1, 0.15) is 6.29 Å². The maximum absolute atomic E-state index is 9.82. The highest BCUT2D eigenvalue weighted by Gasteiger charge is 2.11. The van der Waals surface area contributed by atoms with Gasteiger partial charge in [0.05, 0.1) is 0 Å². The normalized spacial score (nSPS) is 20.0. The summed E-state index contributed by atoms with van der Waals surface area (Å²) in [6, 6.07) is 0. The van der Waals surface area contributed by atoms with E-state index < -0.39 is 0 Å². The molecule has 0 atom stereocenters. The number of rotatable bonds is 3. The molecule has 1 heterocycles. The van der Waals surface area contributed by atoms with Crippen LogP contribution in [-0.2, 0) is 4.79 Å². The maximum atomic E-state index is 9.82. The van der Waals surface area contributed by atoms with Crippen LogP contribution in [0.15, 0.2) is 0 Å². The molecule has 0 amide bonds. The number of carbonyl (C=O) groups is 1. The molecule has 0 aromatic carbocycles. The van der Waals surface area contributed by atoms with E-state index in [0.29, 0.717) is 6.42 Å². The van der Waals surface area contributed by atoms with E-state index in [1.54, 1.807) is 0 Å². The van der Waals surface area contributed by atoms with Gasteiger partial charge >= 0.3 is 0 Å². The molecule has 1 fully saturated rings. The van der Waals surface area contributed by atoms with Crippen LogP contribution in [-0.4, -0.2) is 30.8 Å². The highest BCUT2D eigenvalue weighted by molar-refractivity contribution is 5.49. The van der Waals surface area contributed by atoms with Crippen molar-refractivity contribution in [3.05, 3.63) is 0 Å². The van der Waals surface area contributed by atoms with Gasteiger partial charge in [-0.1, -0.05) is 0 Å². The van der Waals surface area contributed by atoms with Crippen molar-refractivity contribution >= 4 is 6.29 Å². The molecule has 1 saturated heterocycles. The van der Waals surface area contributed by atoms with E-state index in [4.69, 9.17) is 0 Å². The minimum atomic E-state index is 0.708. The molecule has 1 aliphatic heterocycles. The number of nitrogens with zero attached hydrogens (tertiary/aromatic N) is 1. The van der Waals surface area contributed by atoms with E-state index in [2.05, 4.69) is 4.90 Å². The lowest BCUT2D eigenvalue weighted by atomic mass is 10.2. The zero-order valence-corrected chi connectivity index (χ0v) is 4.97. The van der Waals surface area contributed by atoms with Gasteiger partial charge in [0.25, 0.3) is 0 Å². The van der Waals surface area contributed by atoms with Gasteiger partial charge in [0.2, 0.25) is 0 Å². The van der Waals surface area contributed by atoms with Crippen molar-refractivity contribution in [3.63, 3.8) is 0 Å². The first-order valence-electron chi connectivity index (χ1n) is 3.09. The van der Waals surface area contributed by atoms with Crippen molar-refractivity contribution in [2.45, 2.75) is 12.8 Å². The van der Waals surface area contributed by atoms with Crippen LogP contribution in [0.2, 0.25) is 0 Å². The summed E-state index contributed by atoms with van der Waals surface area (Å²) in [6.45, 7) is 3.38. The summed E-state index contributed by atoms with van der Waals surface area (Å²) in [5, 5.41) is 0. The van der Waals surface area contributed by atoms with Crippen molar-refractivity contribution in [1.29, 1.82) is 0 Å². The monoisotopic (exact) mass is 113 g/mol. The second-order valence-electron chi connectivity index (χ2n) is 2.15. The molecular formula is C6H11NO. The van der Waals surface area contributed by atoms with Crippen molar-refractivity contribution in [3.8, 4) is 0 Å². The SMILES string of the molecule is O=CCCN1CCC1. The molecule has 8 heavy (non-hydrogen) atoms. The summed E-state index contributed by atoms with van der Waals surface area (Å²) < 4.78 is 0. The van der Waals surface area contributed by atoms with Crippen molar-refractivity contribution < 1.29 is 4.79 Å². The van der Waals surface area contributed by atoms with Gasteiger partial charge in [-0.2, -0.15) is 0 Å². The van der Waals surface area contributed by atoms with Crippen molar-refractivity contribution in [1.82, 2.24) is 4.90 Å². The molecule has 0 aromatic heterocycles.